The van der Waals surface area contributed by atoms with E-state index in [4.69, 9.17) is 17.2 Å². The molecular formula is C20H32N4O2. The summed E-state index contributed by atoms with van der Waals surface area (Å²) in [5.41, 5.74) is 20.9. The van der Waals surface area contributed by atoms with Crippen molar-refractivity contribution in [3.63, 3.8) is 0 Å². The van der Waals surface area contributed by atoms with Gasteiger partial charge in [-0.05, 0) is 29.0 Å². The van der Waals surface area contributed by atoms with Gasteiger partial charge in [-0.15, -0.1) is 0 Å². The topological polar surface area (TPSA) is 121 Å². The molecular weight excluding hydrogens is 328 g/mol. The van der Waals surface area contributed by atoms with Crippen LogP contribution in [0.4, 0.5) is 22.7 Å². The second-order valence-electron chi connectivity index (χ2n) is 8.31. The second-order valence-corrected chi connectivity index (χ2v) is 8.31. The highest BCUT2D eigenvalue weighted by molar-refractivity contribution is 5.64. The van der Waals surface area contributed by atoms with Gasteiger partial charge in [0.2, 0.25) is 0 Å². The molecule has 6 N–H and O–H groups in total. The second kappa shape index (κ2) is 7.64. The first kappa shape index (κ1) is 21.3. The van der Waals surface area contributed by atoms with Crippen molar-refractivity contribution >= 4 is 22.7 Å². The SMILES string of the molecule is CC(C)(C)c1c(N)cccc1N.CC(C)(C)c1c(N)cccc1[N+](=O)[O-].[HH]. The van der Waals surface area contributed by atoms with Gasteiger partial charge in [0.15, 0.2) is 0 Å². The Labute approximate surface area is 157 Å². The summed E-state index contributed by atoms with van der Waals surface area (Å²) in [6.07, 6.45) is 0. The molecule has 0 saturated carbocycles. The van der Waals surface area contributed by atoms with Crippen LogP contribution in [0.25, 0.3) is 0 Å². The Bertz CT molecular complexity index is 773. The largest absolute Gasteiger partial charge is 0.398 e. The first-order valence-corrected chi connectivity index (χ1v) is 8.44. The molecule has 0 radical (unpaired) electrons. The van der Waals surface area contributed by atoms with Crippen LogP contribution in [-0.4, -0.2) is 4.92 Å². The van der Waals surface area contributed by atoms with Crippen LogP contribution in [0.2, 0.25) is 0 Å². The molecule has 0 amide bonds. The minimum absolute atomic E-state index is 0. The Morgan fingerprint density at radius 2 is 1.12 bits per heavy atom. The number of nitro benzene ring substituents is 1. The standard InChI is InChI=1S/C10H14N2O2.C10H16N2.H2/c1-10(2,3)9-7(11)5-4-6-8(9)12(13)14;1-10(2,3)9-7(11)5-4-6-8(9)12;/h4-6H,11H2,1-3H3;4-6H,11-12H2,1-3H3;1H. The van der Waals surface area contributed by atoms with Crippen molar-refractivity contribution < 1.29 is 6.35 Å². The Morgan fingerprint density at radius 1 is 0.769 bits per heavy atom. The zero-order valence-electron chi connectivity index (χ0n) is 16.5. The third-order valence-electron chi connectivity index (χ3n) is 3.90. The highest BCUT2D eigenvalue weighted by Crippen LogP contribution is 2.35. The number of nitrogens with two attached hydrogens (primary N) is 3. The third-order valence-corrected chi connectivity index (χ3v) is 3.90. The number of nitro groups is 1. The highest BCUT2D eigenvalue weighted by atomic mass is 16.6. The van der Waals surface area contributed by atoms with E-state index in [2.05, 4.69) is 20.8 Å². The van der Waals surface area contributed by atoms with Crippen molar-refractivity contribution in [3.8, 4) is 0 Å². The fourth-order valence-corrected chi connectivity index (χ4v) is 2.98. The van der Waals surface area contributed by atoms with E-state index < -0.39 is 4.92 Å². The first-order valence-electron chi connectivity index (χ1n) is 8.44. The van der Waals surface area contributed by atoms with Crippen LogP contribution >= 0.6 is 0 Å². The Kier molecular flexibility index (Phi) is 6.25. The van der Waals surface area contributed by atoms with Gasteiger partial charge in [0.25, 0.3) is 5.69 Å². The van der Waals surface area contributed by atoms with Crippen molar-refractivity contribution in [2.24, 2.45) is 0 Å². The van der Waals surface area contributed by atoms with Gasteiger partial charge >= 0.3 is 0 Å². The molecule has 0 aliphatic rings. The predicted octanol–water partition coefficient (Wildman–Crippen LogP) is 4.87. The van der Waals surface area contributed by atoms with Crippen LogP contribution in [0.15, 0.2) is 36.4 Å². The zero-order chi connectivity index (χ0) is 20.3. The summed E-state index contributed by atoms with van der Waals surface area (Å²) >= 11 is 0. The molecule has 2 rings (SSSR count). The summed E-state index contributed by atoms with van der Waals surface area (Å²) in [6, 6.07) is 10.4. The van der Waals surface area contributed by atoms with E-state index in [-0.39, 0.29) is 17.9 Å². The molecule has 2 aromatic carbocycles. The minimum Gasteiger partial charge on any atom is -0.398 e. The lowest BCUT2D eigenvalue weighted by molar-refractivity contribution is -0.385. The summed E-state index contributed by atoms with van der Waals surface area (Å²) < 4.78 is 0. The number of nitrogen functional groups attached to an aromatic ring is 3. The Morgan fingerprint density at radius 3 is 1.38 bits per heavy atom. The van der Waals surface area contributed by atoms with E-state index in [0.29, 0.717) is 11.3 Å². The number of anilines is 3. The number of hydrogen-bond donors (Lipinski definition) is 3. The highest BCUT2D eigenvalue weighted by Gasteiger charge is 2.26. The number of nitrogens with zero attached hydrogens (tertiary/aromatic N) is 1. The molecule has 0 aliphatic carbocycles. The molecule has 0 heterocycles. The van der Waals surface area contributed by atoms with E-state index in [1.807, 2.05) is 39.0 Å². The number of hydrogen-bond acceptors (Lipinski definition) is 5. The number of benzene rings is 2. The molecule has 144 valence electrons. The Balaban J connectivity index is 0.000000488. The smallest absolute Gasteiger partial charge is 0.275 e. The van der Waals surface area contributed by atoms with Crippen molar-refractivity contribution in [3.05, 3.63) is 57.6 Å². The lowest BCUT2D eigenvalue weighted by atomic mass is 9.84. The Hall–Kier alpha value is -2.76. The van der Waals surface area contributed by atoms with Crippen LogP contribution in [0, 0.1) is 10.1 Å². The van der Waals surface area contributed by atoms with Gasteiger partial charge < -0.3 is 17.2 Å². The first-order chi connectivity index (χ1) is 11.8. The lowest BCUT2D eigenvalue weighted by Crippen LogP contribution is -2.16. The van der Waals surface area contributed by atoms with Crippen molar-refractivity contribution in [1.29, 1.82) is 0 Å². The van der Waals surface area contributed by atoms with Crippen LogP contribution in [0.1, 0.15) is 54.1 Å². The maximum Gasteiger partial charge on any atom is 0.275 e. The summed E-state index contributed by atoms with van der Waals surface area (Å²) in [5.74, 6) is 0. The van der Waals surface area contributed by atoms with Gasteiger partial charge in [0.1, 0.15) is 0 Å². The quantitative estimate of drug-likeness (QED) is 0.380. The van der Waals surface area contributed by atoms with Crippen molar-refractivity contribution in [2.45, 2.75) is 52.4 Å². The maximum absolute atomic E-state index is 10.8. The van der Waals surface area contributed by atoms with Gasteiger partial charge in [-0.3, -0.25) is 10.1 Å². The molecule has 0 saturated heterocycles. The van der Waals surface area contributed by atoms with Gasteiger partial charge in [0.05, 0.1) is 10.5 Å². The van der Waals surface area contributed by atoms with Crippen LogP contribution in [0.5, 0.6) is 0 Å². The predicted molar refractivity (Wildman–Crippen MR) is 112 cm³/mol. The van der Waals surface area contributed by atoms with E-state index in [0.717, 1.165) is 16.9 Å². The van der Waals surface area contributed by atoms with Gasteiger partial charge in [-0.2, -0.15) is 0 Å². The van der Waals surface area contributed by atoms with E-state index in [1.165, 1.54) is 6.07 Å². The van der Waals surface area contributed by atoms with Gasteiger partial charge in [-0.1, -0.05) is 53.7 Å². The lowest BCUT2D eigenvalue weighted by Gasteiger charge is -2.22. The summed E-state index contributed by atoms with van der Waals surface area (Å²) in [6.45, 7) is 12.0. The van der Waals surface area contributed by atoms with Gasteiger partial charge in [-0.25, -0.2) is 0 Å². The van der Waals surface area contributed by atoms with Crippen molar-refractivity contribution in [2.75, 3.05) is 17.2 Å². The molecule has 0 aromatic heterocycles. The summed E-state index contributed by atoms with van der Waals surface area (Å²) in [5, 5.41) is 10.8. The summed E-state index contributed by atoms with van der Waals surface area (Å²) in [4.78, 5) is 10.4. The minimum atomic E-state index is -0.392. The molecule has 0 atom stereocenters. The van der Waals surface area contributed by atoms with E-state index >= 15 is 0 Å². The molecule has 6 heteroatoms. The van der Waals surface area contributed by atoms with Gasteiger partial charge in [0, 0.05) is 30.1 Å². The molecule has 0 bridgehead atoms. The average molecular weight is 361 g/mol. The summed E-state index contributed by atoms with van der Waals surface area (Å²) in [7, 11) is 0. The molecule has 0 fully saturated rings. The molecule has 0 aliphatic heterocycles. The fraction of sp³-hybridized carbons (Fsp3) is 0.400. The van der Waals surface area contributed by atoms with Crippen LogP contribution in [0.3, 0.4) is 0 Å². The third kappa shape index (κ3) is 5.12. The van der Waals surface area contributed by atoms with E-state index in [1.54, 1.807) is 12.1 Å². The van der Waals surface area contributed by atoms with Crippen LogP contribution in [-0.2, 0) is 10.8 Å². The molecule has 0 unspecified atom stereocenters. The molecule has 2 aromatic rings. The van der Waals surface area contributed by atoms with Crippen molar-refractivity contribution in [1.82, 2.24) is 0 Å². The maximum atomic E-state index is 10.8. The monoisotopic (exact) mass is 360 g/mol. The molecule has 0 spiro atoms. The van der Waals surface area contributed by atoms with E-state index in [9.17, 15) is 10.1 Å². The molecule has 26 heavy (non-hydrogen) atoms. The normalized spacial score (nSPS) is 11.5. The average Bonchev–Trinajstić information content (AvgIpc) is 2.44. The van der Waals surface area contributed by atoms with Crippen LogP contribution < -0.4 is 17.2 Å². The number of rotatable bonds is 1. The molecule has 6 nitrogen and oxygen atoms in total. The fourth-order valence-electron chi connectivity index (χ4n) is 2.98. The zero-order valence-corrected chi connectivity index (χ0v) is 16.5.